The highest BCUT2D eigenvalue weighted by molar-refractivity contribution is 6.00. The molecule has 1 aliphatic rings. The highest BCUT2D eigenvalue weighted by Crippen LogP contribution is 2.36. The second-order valence-corrected chi connectivity index (χ2v) is 8.23. The standard InChI is InChI=1S/C22H28FN5O3/c1-12(2)26-17-9-20(28-14-6-7-16-18(8-14)31-13(3)27-16)24-10-15(17)21(29)25-11-19(23)22(4,5)30/h6-10,12,19,27,30H,3,11H2,1-2,4-5H3,(H,25,29)(H2,24,26,28). The summed E-state index contributed by atoms with van der Waals surface area (Å²) in [7, 11) is 0. The largest absolute Gasteiger partial charge is 0.439 e. The van der Waals surface area contributed by atoms with Crippen molar-refractivity contribution in [2.75, 3.05) is 22.5 Å². The molecule has 0 spiro atoms. The van der Waals surface area contributed by atoms with Crippen molar-refractivity contribution >= 4 is 28.8 Å². The molecule has 0 aliphatic carbocycles. The van der Waals surface area contributed by atoms with Gasteiger partial charge in [0.05, 0.1) is 29.1 Å². The van der Waals surface area contributed by atoms with Gasteiger partial charge in [-0.1, -0.05) is 0 Å². The summed E-state index contributed by atoms with van der Waals surface area (Å²) in [6.45, 7) is 10.0. The predicted molar refractivity (Wildman–Crippen MR) is 120 cm³/mol. The van der Waals surface area contributed by atoms with Crippen LogP contribution in [-0.4, -0.2) is 40.4 Å². The van der Waals surface area contributed by atoms with Crippen molar-refractivity contribution in [3.8, 4) is 5.75 Å². The SMILES string of the molecule is C=C1Nc2ccc(Nc3cc(NC(C)C)c(C(=O)NCC(F)C(C)(C)O)cn3)cc2O1. The number of anilines is 4. The molecule has 0 radical (unpaired) electrons. The predicted octanol–water partition coefficient (Wildman–Crippen LogP) is 3.76. The second kappa shape index (κ2) is 8.81. The van der Waals surface area contributed by atoms with Crippen molar-refractivity contribution < 1.29 is 19.0 Å². The molecule has 1 aliphatic heterocycles. The van der Waals surface area contributed by atoms with Crippen molar-refractivity contribution in [1.29, 1.82) is 0 Å². The number of aliphatic hydroxyl groups is 1. The topological polar surface area (TPSA) is 108 Å². The van der Waals surface area contributed by atoms with Crippen LogP contribution < -0.4 is 26.0 Å². The first kappa shape index (κ1) is 22.4. The van der Waals surface area contributed by atoms with E-state index in [9.17, 15) is 14.3 Å². The number of aromatic nitrogens is 1. The number of halogens is 1. The first-order valence-corrected chi connectivity index (χ1v) is 9.99. The van der Waals surface area contributed by atoms with Crippen molar-refractivity contribution in [1.82, 2.24) is 10.3 Å². The molecule has 1 amide bonds. The Balaban J connectivity index is 1.77. The normalized spacial score (nSPS) is 13.8. The number of ether oxygens (including phenoxy) is 1. The molecule has 0 saturated carbocycles. The Kier molecular flexibility index (Phi) is 6.35. The van der Waals surface area contributed by atoms with Crippen molar-refractivity contribution in [3.63, 3.8) is 0 Å². The van der Waals surface area contributed by atoms with Gasteiger partial charge < -0.3 is 31.1 Å². The Bertz CT molecular complexity index is 988. The average Bonchev–Trinajstić information content (AvgIpc) is 3.04. The van der Waals surface area contributed by atoms with E-state index in [4.69, 9.17) is 4.74 Å². The van der Waals surface area contributed by atoms with Crippen LogP contribution in [0.25, 0.3) is 0 Å². The number of pyridine rings is 1. The molecule has 8 nitrogen and oxygen atoms in total. The number of fused-ring (bicyclic) bond motifs is 1. The van der Waals surface area contributed by atoms with Crippen LogP contribution in [0.4, 0.5) is 27.3 Å². The van der Waals surface area contributed by atoms with Gasteiger partial charge in [-0.15, -0.1) is 0 Å². The molecule has 0 fully saturated rings. The van der Waals surface area contributed by atoms with Gasteiger partial charge in [0.1, 0.15) is 12.0 Å². The Labute approximate surface area is 180 Å². The van der Waals surface area contributed by atoms with Crippen molar-refractivity contribution in [2.45, 2.75) is 45.5 Å². The van der Waals surface area contributed by atoms with Crippen LogP contribution in [0.5, 0.6) is 5.75 Å². The van der Waals surface area contributed by atoms with E-state index in [0.29, 0.717) is 23.1 Å². The summed E-state index contributed by atoms with van der Waals surface area (Å²) in [5.41, 5.74) is 0.867. The van der Waals surface area contributed by atoms with Gasteiger partial charge in [-0.3, -0.25) is 4.79 Å². The third-order valence-electron chi connectivity index (χ3n) is 4.56. The lowest BCUT2D eigenvalue weighted by Gasteiger charge is -2.23. The fourth-order valence-corrected chi connectivity index (χ4v) is 2.91. The number of amides is 1. The summed E-state index contributed by atoms with van der Waals surface area (Å²) in [6.07, 6.45) is -0.174. The lowest BCUT2D eigenvalue weighted by Crippen LogP contribution is -2.42. The summed E-state index contributed by atoms with van der Waals surface area (Å²) in [5.74, 6) is 1.15. The number of benzene rings is 1. The van der Waals surface area contributed by atoms with Gasteiger partial charge in [0.25, 0.3) is 5.91 Å². The van der Waals surface area contributed by atoms with E-state index in [-0.39, 0.29) is 18.2 Å². The number of rotatable bonds is 8. The fraction of sp³-hybridized carbons (Fsp3) is 0.364. The Morgan fingerprint density at radius 3 is 2.77 bits per heavy atom. The molecule has 0 saturated heterocycles. The van der Waals surface area contributed by atoms with Crippen LogP contribution in [-0.2, 0) is 0 Å². The minimum absolute atomic E-state index is 0.0533. The maximum atomic E-state index is 14.0. The molecule has 0 bridgehead atoms. The zero-order chi connectivity index (χ0) is 22.8. The van der Waals surface area contributed by atoms with Crippen LogP contribution in [0.3, 0.4) is 0 Å². The lowest BCUT2D eigenvalue weighted by molar-refractivity contribution is -0.00177. The molecular formula is C22H28FN5O3. The number of nitrogens with zero attached hydrogens (tertiary/aromatic N) is 1. The maximum Gasteiger partial charge on any atom is 0.255 e. The number of nitrogens with one attached hydrogen (secondary N) is 4. The molecule has 9 heteroatoms. The molecular weight excluding hydrogens is 401 g/mol. The van der Waals surface area contributed by atoms with Crippen LogP contribution in [0.15, 0.2) is 42.9 Å². The summed E-state index contributed by atoms with van der Waals surface area (Å²) < 4.78 is 19.5. The smallest absolute Gasteiger partial charge is 0.255 e. The van der Waals surface area contributed by atoms with Gasteiger partial charge in [0.15, 0.2) is 11.6 Å². The molecule has 2 aromatic rings. The van der Waals surface area contributed by atoms with Gasteiger partial charge in [-0.25, -0.2) is 9.37 Å². The Hall–Kier alpha value is -3.33. The zero-order valence-electron chi connectivity index (χ0n) is 18.0. The molecule has 3 rings (SSSR count). The van der Waals surface area contributed by atoms with Gasteiger partial charge in [0.2, 0.25) is 0 Å². The van der Waals surface area contributed by atoms with E-state index in [2.05, 4.69) is 32.8 Å². The van der Waals surface area contributed by atoms with Gasteiger partial charge in [0, 0.05) is 30.1 Å². The molecule has 1 unspecified atom stereocenters. The molecule has 5 N–H and O–H groups in total. The molecule has 2 heterocycles. The number of carbonyl (C=O) groups excluding carboxylic acids is 1. The molecule has 1 aromatic carbocycles. The fourth-order valence-electron chi connectivity index (χ4n) is 2.91. The maximum absolute atomic E-state index is 14.0. The minimum atomic E-state index is -1.60. The first-order valence-electron chi connectivity index (χ1n) is 9.99. The first-order chi connectivity index (χ1) is 14.5. The molecule has 1 aromatic heterocycles. The second-order valence-electron chi connectivity index (χ2n) is 8.23. The number of carbonyl (C=O) groups is 1. The van der Waals surface area contributed by atoms with Gasteiger partial charge >= 0.3 is 0 Å². The van der Waals surface area contributed by atoms with Crippen LogP contribution >= 0.6 is 0 Å². The number of alkyl halides is 1. The zero-order valence-corrected chi connectivity index (χ0v) is 18.0. The quantitative estimate of drug-likeness (QED) is 0.435. The highest BCUT2D eigenvalue weighted by atomic mass is 19.1. The highest BCUT2D eigenvalue weighted by Gasteiger charge is 2.27. The van der Waals surface area contributed by atoms with E-state index >= 15 is 0 Å². The molecule has 1 atom stereocenters. The van der Waals surface area contributed by atoms with E-state index in [1.165, 1.54) is 20.0 Å². The molecule has 31 heavy (non-hydrogen) atoms. The molecule has 166 valence electrons. The van der Waals surface area contributed by atoms with Crippen molar-refractivity contribution in [3.05, 3.63) is 48.5 Å². The van der Waals surface area contributed by atoms with Gasteiger partial charge in [-0.05, 0) is 46.4 Å². The van der Waals surface area contributed by atoms with E-state index < -0.39 is 17.7 Å². The number of hydrogen-bond acceptors (Lipinski definition) is 7. The van der Waals surface area contributed by atoms with Crippen LogP contribution in [0, 0.1) is 0 Å². The summed E-state index contributed by atoms with van der Waals surface area (Å²) in [6, 6.07) is 7.31. The third-order valence-corrected chi connectivity index (χ3v) is 4.56. The number of hydrogen-bond donors (Lipinski definition) is 5. The van der Waals surface area contributed by atoms with Crippen LogP contribution in [0.2, 0.25) is 0 Å². The average molecular weight is 429 g/mol. The minimum Gasteiger partial charge on any atom is -0.439 e. The van der Waals surface area contributed by atoms with E-state index in [1.54, 1.807) is 6.07 Å². The lowest BCUT2D eigenvalue weighted by atomic mass is 10.0. The van der Waals surface area contributed by atoms with E-state index in [0.717, 1.165) is 11.4 Å². The summed E-state index contributed by atoms with van der Waals surface area (Å²) in [4.78, 5) is 16.9. The summed E-state index contributed by atoms with van der Waals surface area (Å²) >= 11 is 0. The Morgan fingerprint density at radius 2 is 2.10 bits per heavy atom. The van der Waals surface area contributed by atoms with Crippen LogP contribution in [0.1, 0.15) is 38.1 Å². The monoisotopic (exact) mass is 429 g/mol. The Morgan fingerprint density at radius 1 is 1.35 bits per heavy atom. The van der Waals surface area contributed by atoms with Gasteiger partial charge in [-0.2, -0.15) is 0 Å². The summed E-state index contributed by atoms with van der Waals surface area (Å²) in [5, 5.41) is 21.6. The third kappa shape index (κ3) is 5.64. The van der Waals surface area contributed by atoms with Crippen molar-refractivity contribution in [2.24, 2.45) is 0 Å². The van der Waals surface area contributed by atoms with E-state index in [1.807, 2.05) is 32.0 Å².